The number of nitrogens with zero attached hydrogens (tertiary/aromatic N) is 2. The quantitative estimate of drug-likeness (QED) is 0.617. The molecule has 0 spiro atoms. The van der Waals surface area contributed by atoms with Gasteiger partial charge < -0.3 is 20.9 Å². The van der Waals surface area contributed by atoms with Crippen LogP contribution in [0.15, 0.2) is 28.8 Å². The number of nitrogens with one attached hydrogen (secondary N) is 2. The standard InChI is InChI=1S/C21H25N5O2/c1-11-8-12(2)16(13(3)9-11)10-23-18-7-6-17(20(22)25-18)24-21(27)19-14(4)26-28-15(19)5/h6-9H,10H2,1-5H3,(H,24,27)(H3,22,23,25). The summed E-state index contributed by atoms with van der Waals surface area (Å²) < 4.78 is 5.04. The van der Waals surface area contributed by atoms with Crippen molar-refractivity contribution in [1.82, 2.24) is 10.1 Å². The van der Waals surface area contributed by atoms with Crippen molar-refractivity contribution in [2.75, 3.05) is 16.4 Å². The third kappa shape index (κ3) is 3.98. The van der Waals surface area contributed by atoms with Crippen LogP contribution in [0.2, 0.25) is 0 Å². The van der Waals surface area contributed by atoms with Crippen molar-refractivity contribution in [3.63, 3.8) is 0 Å². The predicted molar refractivity (Wildman–Crippen MR) is 111 cm³/mol. The van der Waals surface area contributed by atoms with Crippen molar-refractivity contribution < 1.29 is 9.32 Å². The van der Waals surface area contributed by atoms with Crippen LogP contribution in [0, 0.1) is 34.6 Å². The topological polar surface area (TPSA) is 106 Å². The number of aromatic nitrogens is 2. The molecule has 0 radical (unpaired) electrons. The van der Waals surface area contributed by atoms with Gasteiger partial charge in [0.2, 0.25) is 0 Å². The lowest BCUT2D eigenvalue weighted by Gasteiger charge is -2.14. The van der Waals surface area contributed by atoms with E-state index in [0.717, 1.165) is 0 Å². The van der Waals surface area contributed by atoms with Crippen molar-refractivity contribution in [3.05, 3.63) is 63.5 Å². The molecular weight excluding hydrogens is 354 g/mol. The molecule has 7 heteroatoms. The van der Waals surface area contributed by atoms with Crippen LogP contribution >= 0.6 is 0 Å². The van der Waals surface area contributed by atoms with Crippen molar-refractivity contribution in [1.29, 1.82) is 0 Å². The Bertz CT molecular complexity index is 997. The minimum absolute atomic E-state index is 0.238. The number of pyridine rings is 1. The summed E-state index contributed by atoms with van der Waals surface area (Å²) in [6.45, 7) is 10.4. The van der Waals surface area contributed by atoms with Crippen LogP contribution in [0.5, 0.6) is 0 Å². The summed E-state index contributed by atoms with van der Waals surface area (Å²) in [5, 5.41) is 9.86. The number of benzene rings is 1. The maximum Gasteiger partial charge on any atom is 0.261 e. The van der Waals surface area contributed by atoms with Crippen LogP contribution in [0.4, 0.5) is 17.3 Å². The number of amides is 1. The molecule has 4 N–H and O–H groups in total. The lowest BCUT2D eigenvalue weighted by atomic mass is 10.00. The smallest absolute Gasteiger partial charge is 0.261 e. The number of hydrogen-bond donors (Lipinski definition) is 3. The van der Waals surface area contributed by atoms with E-state index in [1.54, 1.807) is 26.0 Å². The summed E-state index contributed by atoms with van der Waals surface area (Å²) in [6, 6.07) is 7.85. The van der Waals surface area contributed by atoms with Crippen LogP contribution < -0.4 is 16.4 Å². The van der Waals surface area contributed by atoms with Crippen LogP contribution in [-0.2, 0) is 6.54 Å². The van der Waals surface area contributed by atoms with E-state index < -0.39 is 0 Å². The Kier molecular flexibility index (Phi) is 5.35. The van der Waals surface area contributed by atoms with Gasteiger partial charge >= 0.3 is 0 Å². The van der Waals surface area contributed by atoms with Gasteiger partial charge in [-0.25, -0.2) is 4.98 Å². The number of carbonyl (C=O) groups is 1. The zero-order valence-electron chi connectivity index (χ0n) is 16.8. The molecule has 1 amide bonds. The van der Waals surface area contributed by atoms with E-state index in [1.807, 2.05) is 0 Å². The van der Waals surface area contributed by atoms with Gasteiger partial charge in [0.15, 0.2) is 0 Å². The molecule has 0 aliphatic carbocycles. The molecule has 7 nitrogen and oxygen atoms in total. The Morgan fingerprint density at radius 3 is 2.36 bits per heavy atom. The molecule has 3 rings (SSSR count). The average Bonchev–Trinajstić information content (AvgIpc) is 2.94. The molecule has 2 heterocycles. The monoisotopic (exact) mass is 379 g/mol. The summed E-state index contributed by atoms with van der Waals surface area (Å²) in [4.78, 5) is 16.8. The second-order valence-electron chi connectivity index (χ2n) is 7.01. The third-order valence-electron chi connectivity index (χ3n) is 4.72. The second kappa shape index (κ2) is 7.72. The maximum absolute atomic E-state index is 12.5. The minimum atomic E-state index is -0.323. The largest absolute Gasteiger partial charge is 0.382 e. The van der Waals surface area contributed by atoms with Gasteiger partial charge in [-0.1, -0.05) is 22.9 Å². The molecule has 0 aliphatic heterocycles. The van der Waals surface area contributed by atoms with E-state index >= 15 is 0 Å². The first-order chi connectivity index (χ1) is 13.3. The molecule has 146 valence electrons. The van der Waals surface area contributed by atoms with Crippen LogP contribution in [0.3, 0.4) is 0 Å². The Labute approximate surface area is 164 Å². The maximum atomic E-state index is 12.5. The Morgan fingerprint density at radius 1 is 1.11 bits per heavy atom. The highest BCUT2D eigenvalue weighted by molar-refractivity contribution is 6.06. The van der Waals surface area contributed by atoms with Crippen molar-refractivity contribution >= 4 is 23.2 Å². The zero-order valence-corrected chi connectivity index (χ0v) is 16.8. The van der Waals surface area contributed by atoms with Gasteiger partial charge in [-0.05, 0) is 63.4 Å². The predicted octanol–water partition coefficient (Wildman–Crippen LogP) is 4.06. The number of nitrogens with two attached hydrogens (primary N) is 1. The van der Waals surface area contributed by atoms with E-state index in [1.165, 1.54) is 22.3 Å². The molecule has 3 aromatic rings. The Morgan fingerprint density at radius 2 is 1.79 bits per heavy atom. The first kappa shape index (κ1) is 19.4. The van der Waals surface area contributed by atoms with Crippen LogP contribution in [0.1, 0.15) is 44.1 Å². The van der Waals surface area contributed by atoms with Gasteiger partial charge in [0.05, 0.1) is 11.4 Å². The third-order valence-corrected chi connectivity index (χ3v) is 4.72. The van der Waals surface area contributed by atoms with Gasteiger partial charge in [-0.3, -0.25) is 4.79 Å². The van der Waals surface area contributed by atoms with Gasteiger partial charge in [-0.15, -0.1) is 0 Å². The van der Waals surface area contributed by atoms with E-state index in [4.69, 9.17) is 10.3 Å². The Balaban J connectivity index is 1.72. The summed E-state index contributed by atoms with van der Waals surface area (Å²) in [5.41, 5.74) is 12.4. The summed E-state index contributed by atoms with van der Waals surface area (Å²) in [7, 11) is 0. The molecular formula is C21H25N5O2. The average molecular weight is 379 g/mol. The van der Waals surface area contributed by atoms with Crippen molar-refractivity contribution in [2.24, 2.45) is 0 Å². The van der Waals surface area contributed by atoms with Gasteiger partial charge in [0, 0.05) is 6.54 Å². The lowest BCUT2D eigenvalue weighted by molar-refractivity contribution is 0.102. The second-order valence-corrected chi connectivity index (χ2v) is 7.01. The number of aryl methyl sites for hydroxylation is 5. The summed E-state index contributed by atoms with van der Waals surface area (Å²) in [6.07, 6.45) is 0. The van der Waals surface area contributed by atoms with Gasteiger partial charge in [-0.2, -0.15) is 0 Å². The Hall–Kier alpha value is -3.35. The lowest BCUT2D eigenvalue weighted by Crippen LogP contribution is -2.15. The molecule has 0 aliphatic rings. The highest BCUT2D eigenvalue weighted by atomic mass is 16.5. The normalized spacial score (nSPS) is 10.8. The van der Waals surface area contributed by atoms with Crippen LogP contribution in [0.25, 0.3) is 0 Å². The first-order valence-electron chi connectivity index (χ1n) is 9.07. The first-order valence-corrected chi connectivity index (χ1v) is 9.07. The van der Waals surface area contributed by atoms with Crippen molar-refractivity contribution in [3.8, 4) is 0 Å². The number of rotatable bonds is 5. The molecule has 1 aromatic carbocycles. The molecule has 2 aromatic heterocycles. The fourth-order valence-corrected chi connectivity index (χ4v) is 3.34. The molecule has 0 saturated heterocycles. The number of anilines is 3. The number of hydrogen-bond acceptors (Lipinski definition) is 6. The molecule has 28 heavy (non-hydrogen) atoms. The van der Waals surface area contributed by atoms with Gasteiger partial charge in [0.1, 0.15) is 23.0 Å². The van der Waals surface area contributed by atoms with Crippen molar-refractivity contribution in [2.45, 2.75) is 41.2 Å². The number of carbonyl (C=O) groups excluding carboxylic acids is 1. The summed E-state index contributed by atoms with van der Waals surface area (Å²) >= 11 is 0. The highest BCUT2D eigenvalue weighted by Gasteiger charge is 2.18. The highest BCUT2D eigenvalue weighted by Crippen LogP contribution is 2.23. The number of nitrogen functional groups attached to an aromatic ring is 1. The molecule has 0 atom stereocenters. The molecule has 0 bridgehead atoms. The van der Waals surface area contributed by atoms with E-state index in [2.05, 4.69) is 53.7 Å². The fraction of sp³-hybridized carbons (Fsp3) is 0.286. The summed E-state index contributed by atoms with van der Waals surface area (Å²) in [5.74, 6) is 1.02. The van der Waals surface area contributed by atoms with Crippen LogP contribution in [-0.4, -0.2) is 16.0 Å². The minimum Gasteiger partial charge on any atom is -0.382 e. The molecule has 0 fully saturated rings. The fourth-order valence-electron chi connectivity index (χ4n) is 3.34. The van der Waals surface area contributed by atoms with Gasteiger partial charge in [0.25, 0.3) is 5.91 Å². The van der Waals surface area contributed by atoms with E-state index in [-0.39, 0.29) is 11.7 Å². The molecule has 0 unspecified atom stereocenters. The van der Waals surface area contributed by atoms with E-state index in [9.17, 15) is 4.79 Å². The zero-order chi connectivity index (χ0) is 20.4. The SMILES string of the molecule is Cc1cc(C)c(CNc2ccc(NC(=O)c3c(C)noc3C)c(N)n2)c(C)c1. The molecule has 0 saturated carbocycles. The van der Waals surface area contributed by atoms with E-state index in [0.29, 0.717) is 35.1 Å².